The predicted octanol–water partition coefficient (Wildman–Crippen LogP) is 3.37. The molecule has 1 saturated heterocycles. The van der Waals surface area contributed by atoms with Gasteiger partial charge in [0.1, 0.15) is 24.7 Å². The van der Waals surface area contributed by atoms with Crippen LogP contribution in [-0.2, 0) is 32.2 Å². The first-order valence-corrected chi connectivity index (χ1v) is 17.0. The summed E-state index contributed by atoms with van der Waals surface area (Å²) in [7, 11) is -1.34. The van der Waals surface area contributed by atoms with Crippen LogP contribution in [-0.4, -0.2) is 76.7 Å². The molecule has 3 amide bonds. The number of rotatable bonds is 7. The van der Waals surface area contributed by atoms with E-state index in [-0.39, 0.29) is 45.1 Å². The highest BCUT2D eigenvalue weighted by molar-refractivity contribution is 6.76. The van der Waals surface area contributed by atoms with Gasteiger partial charge in [-0.25, -0.2) is 9.59 Å². The van der Waals surface area contributed by atoms with E-state index in [1.54, 1.807) is 32.9 Å². The Balaban J connectivity index is 1.68. The molecule has 1 fully saturated rings. The van der Waals surface area contributed by atoms with Crippen molar-refractivity contribution in [3.8, 4) is 0 Å². The van der Waals surface area contributed by atoms with E-state index in [2.05, 4.69) is 19.6 Å². The molecular formula is C27H38N4O7Si. The fourth-order valence-corrected chi connectivity index (χ4v) is 5.71. The van der Waals surface area contributed by atoms with E-state index in [1.807, 2.05) is 0 Å². The molecule has 39 heavy (non-hydrogen) atoms. The molecule has 1 unspecified atom stereocenters. The fraction of sp³-hybridized carbons (Fsp3) is 0.593. The lowest BCUT2D eigenvalue weighted by molar-refractivity contribution is -0.157. The van der Waals surface area contributed by atoms with E-state index in [0.29, 0.717) is 35.1 Å². The number of nitrogens with zero attached hydrogens (tertiary/aromatic N) is 4. The number of benzene rings is 1. The number of hydrogen-bond acceptors (Lipinski definition) is 7. The van der Waals surface area contributed by atoms with Crippen molar-refractivity contribution in [2.75, 3.05) is 19.9 Å². The highest BCUT2D eigenvalue weighted by atomic mass is 28.3. The number of aromatic nitrogens is 2. The molecule has 0 radical (unpaired) electrons. The third-order valence-corrected chi connectivity index (χ3v) is 8.70. The van der Waals surface area contributed by atoms with Crippen molar-refractivity contribution in [3.05, 3.63) is 33.7 Å². The number of aldehydes is 1. The minimum absolute atomic E-state index is 0.0813. The molecule has 3 heterocycles. The van der Waals surface area contributed by atoms with E-state index in [0.717, 1.165) is 10.9 Å². The smallest absolute Gasteiger partial charge is 0.410 e. The molecule has 2 aromatic rings. The maximum absolute atomic E-state index is 13.8. The van der Waals surface area contributed by atoms with Gasteiger partial charge in [-0.15, -0.1) is 0 Å². The van der Waals surface area contributed by atoms with Crippen LogP contribution >= 0.6 is 0 Å². The Bertz CT molecular complexity index is 1370. The molecule has 1 aromatic carbocycles. The fourth-order valence-electron chi connectivity index (χ4n) is 4.95. The van der Waals surface area contributed by atoms with Crippen LogP contribution in [0.4, 0.5) is 4.79 Å². The number of amides is 3. The minimum atomic E-state index is -1.34. The van der Waals surface area contributed by atoms with E-state index >= 15 is 0 Å². The number of carbonyl (C=O) groups is 4. The van der Waals surface area contributed by atoms with Crippen molar-refractivity contribution >= 4 is 43.3 Å². The van der Waals surface area contributed by atoms with Gasteiger partial charge >= 0.3 is 11.8 Å². The summed E-state index contributed by atoms with van der Waals surface area (Å²) < 4.78 is 14.2. The van der Waals surface area contributed by atoms with Crippen LogP contribution in [0, 0.1) is 0 Å². The summed E-state index contributed by atoms with van der Waals surface area (Å²) >= 11 is 0. The van der Waals surface area contributed by atoms with Crippen molar-refractivity contribution in [2.24, 2.45) is 0 Å². The van der Waals surface area contributed by atoms with Crippen molar-refractivity contribution in [1.82, 2.24) is 18.9 Å². The summed E-state index contributed by atoms with van der Waals surface area (Å²) in [6, 6.07) is 3.28. The SMILES string of the molecule is CC(C)(C)OC(=O)N1CCn2c(=O)n(C3CCC(=O)N(COCC[Si](C)(C)C)C3=O)c3ccc(C=O)c(c32)C1. The van der Waals surface area contributed by atoms with Crippen LogP contribution in [0.3, 0.4) is 0 Å². The Morgan fingerprint density at radius 2 is 1.85 bits per heavy atom. The van der Waals surface area contributed by atoms with Crippen molar-refractivity contribution in [3.63, 3.8) is 0 Å². The molecule has 0 N–H and O–H groups in total. The molecule has 212 valence electrons. The Morgan fingerprint density at radius 1 is 1.13 bits per heavy atom. The quantitative estimate of drug-likeness (QED) is 0.221. The van der Waals surface area contributed by atoms with Crippen LogP contribution in [0.15, 0.2) is 16.9 Å². The van der Waals surface area contributed by atoms with E-state index < -0.39 is 37.4 Å². The number of hydrogen-bond donors (Lipinski definition) is 0. The number of piperidine rings is 1. The van der Waals surface area contributed by atoms with Gasteiger partial charge in [-0.3, -0.25) is 28.4 Å². The van der Waals surface area contributed by atoms with Gasteiger partial charge in [-0.1, -0.05) is 19.6 Å². The van der Waals surface area contributed by atoms with Crippen LogP contribution in [0.5, 0.6) is 0 Å². The Labute approximate surface area is 228 Å². The van der Waals surface area contributed by atoms with Gasteiger partial charge in [-0.2, -0.15) is 0 Å². The molecule has 2 aliphatic rings. The average molecular weight is 559 g/mol. The lowest BCUT2D eigenvalue weighted by Gasteiger charge is -2.31. The molecule has 1 atom stereocenters. The van der Waals surface area contributed by atoms with Gasteiger partial charge in [0, 0.05) is 45.3 Å². The average Bonchev–Trinajstić information content (AvgIpc) is 2.97. The molecule has 12 heteroatoms. The van der Waals surface area contributed by atoms with Gasteiger partial charge in [0.15, 0.2) is 0 Å². The van der Waals surface area contributed by atoms with Gasteiger partial charge in [0.25, 0.3) is 5.91 Å². The summed E-state index contributed by atoms with van der Waals surface area (Å²) in [4.78, 5) is 67.3. The lowest BCUT2D eigenvalue weighted by atomic mass is 10.0. The van der Waals surface area contributed by atoms with Gasteiger partial charge in [-0.05, 0) is 45.4 Å². The van der Waals surface area contributed by atoms with Crippen molar-refractivity contribution < 1.29 is 28.7 Å². The maximum atomic E-state index is 13.8. The van der Waals surface area contributed by atoms with Crippen LogP contribution in [0.1, 0.15) is 55.6 Å². The first-order valence-electron chi connectivity index (χ1n) is 13.3. The zero-order chi connectivity index (χ0) is 28.7. The van der Waals surface area contributed by atoms with E-state index in [1.165, 1.54) is 14.0 Å². The van der Waals surface area contributed by atoms with Gasteiger partial charge in [0.05, 0.1) is 17.6 Å². The summed E-state index contributed by atoms with van der Waals surface area (Å²) in [5.74, 6) is -0.798. The summed E-state index contributed by atoms with van der Waals surface area (Å²) in [6.45, 7) is 12.7. The molecular weight excluding hydrogens is 520 g/mol. The second kappa shape index (κ2) is 10.7. The van der Waals surface area contributed by atoms with Crippen molar-refractivity contribution in [2.45, 2.75) is 84.0 Å². The topological polar surface area (TPSA) is 120 Å². The zero-order valence-electron chi connectivity index (χ0n) is 23.6. The first-order chi connectivity index (χ1) is 18.2. The molecule has 0 spiro atoms. The summed E-state index contributed by atoms with van der Waals surface area (Å²) in [6.07, 6.45) is 0.465. The highest BCUT2D eigenvalue weighted by Crippen LogP contribution is 2.31. The third-order valence-electron chi connectivity index (χ3n) is 7.00. The standard InChI is InChI=1S/C27H38N4O7Si/c1-27(2,3)38-26(36)28-11-12-29-23-19(15-28)18(16-32)7-8-20(23)31(25(29)35)21-9-10-22(33)30(24(21)34)17-37-13-14-39(4,5)6/h7-8,16,21H,9-15,17H2,1-6H3. The second-order valence-corrected chi connectivity index (χ2v) is 18.0. The molecule has 11 nitrogen and oxygen atoms in total. The monoisotopic (exact) mass is 558 g/mol. The number of imidazole rings is 1. The van der Waals surface area contributed by atoms with Crippen LogP contribution in [0.2, 0.25) is 25.7 Å². The summed E-state index contributed by atoms with van der Waals surface area (Å²) in [5, 5.41) is 0. The number of ether oxygens (including phenoxy) is 2. The molecule has 0 aliphatic carbocycles. The number of imide groups is 1. The minimum Gasteiger partial charge on any atom is -0.444 e. The summed E-state index contributed by atoms with van der Waals surface area (Å²) in [5.41, 5.74) is 0.748. The van der Waals surface area contributed by atoms with Gasteiger partial charge < -0.3 is 14.4 Å². The largest absolute Gasteiger partial charge is 0.444 e. The van der Waals surface area contributed by atoms with Crippen molar-refractivity contribution in [1.29, 1.82) is 0 Å². The first kappa shape index (κ1) is 28.7. The molecule has 0 bridgehead atoms. The Kier molecular flexibility index (Phi) is 7.90. The second-order valence-electron chi connectivity index (χ2n) is 12.4. The maximum Gasteiger partial charge on any atom is 0.410 e. The highest BCUT2D eigenvalue weighted by Gasteiger charge is 2.39. The third kappa shape index (κ3) is 6.01. The van der Waals surface area contributed by atoms with E-state index in [9.17, 15) is 24.0 Å². The number of likely N-dealkylation sites (tertiary alicyclic amines) is 1. The molecule has 4 rings (SSSR count). The van der Waals surface area contributed by atoms with Crippen LogP contribution in [0.25, 0.3) is 11.0 Å². The van der Waals surface area contributed by atoms with E-state index in [4.69, 9.17) is 9.47 Å². The van der Waals surface area contributed by atoms with Gasteiger partial charge in [0.2, 0.25) is 5.91 Å². The normalized spacial score (nSPS) is 18.5. The lowest BCUT2D eigenvalue weighted by Crippen LogP contribution is -2.48. The zero-order valence-corrected chi connectivity index (χ0v) is 24.6. The van der Waals surface area contributed by atoms with Crippen LogP contribution < -0.4 is 5.69 Å². The number of carbonyl (C=O) groups excluding carboxylic acids is 4. The Morgan fingerprint density at radius 3 is 2.49 bits per heavy atom. The predicted molar refractivity (Wildman–Crippen MR) is 147 cm³/mol. The Hall–Kier alpha value is -3.25. The molecule has 1 aromatic heterocycles. The molecule has 0 saturated carbocycles. The molecule has 2 aliphatic heterocycles.